The average Bonchev–Trinajstić information content (AvgIpc) is 1.81. The SMILES string of the molecule is COCC1(C)CN(S(=O)(=O)Cl)C1. The summed E-state index contributed by atoms with van der Waals surface area (Å²) in [6.07, 6.45) is 0. The monoisotopic (exact) mass is 213 g/mol. The number of ether oxygens (including phenoxy) is 1. The maximum Gasteiger partial charge on any atom is 0.299 e. The molecule has 1 saturated heterocycles. The van der Waals surface area contributed by atoms with E-state index in [9.17, 15) is 8.42 Å². The lowest BCUT2D eigenvalue weighted by Gasteiger charge is -2.45. The first-order valence-corrected chi connectivity index (χ1v) is 5.83. The van der Waals surface area contributed by atoms with Gasteiger partial charge in [-0.1, -0.05) is 6.92 Å². The van der Waals surface area contributed by atoms with E-state index in [0.717, 1.165) is 0 Å². The number of nitrogens with zero attached hydrogens (tertiary/aromatic N) is 1. The quantitative estimate of drug-likeness (QED) is 0.640. The van der Waals surface area contributed by atoms with Crippen molar-refractivity contribution in [3.8, 4) is 0 Å². The lowest BCUT2D eigenvalue weighted by Crippen LogP contribution is -2.57. The molecule has 0 unspecified atom stereocenters. The standard InChI is InChI=1S/C6H12ClNO3S/c1-6(5-11-2)3-8(4-6)12(7,9)10/h3-5H2,1-2H3. The third kappa shape index (κ3) is 2.10. The number of methoxy groups -OCH3 is 1. The molecule has 0 aromatic carbocycles. The lowest BCUT2D eigenvalue weighted by molar-refractivity contribution is 0.00488. The Hall–Kier alpha value is 0.160. The average molecular weight is 214 g/mol. The van der Waals surface area contributed by atoms with Gasteiger partial charge in [0, 0.05) is 36.3 Å². The molecule has 1 aliphatic heterocycles. The summed E-state index contributed by atoms with van der Waals surface area (Å²) < 4.78 is 27.7. The summed E-state index contributed by atoms with van der Waals surface area (Å²) in [6, 6.07) is 0. The molecule has 0 bridgehead atoms. The van der Waals surface area contributed by atoms with Crippen LogP contribution in [0, 0.1) is 5.41 Å². The highest BCUT2D eigenvalue weighted by Crippen LogP contribution is 2.33. The van der Waals surface area contributed by atoms with Gasteiger partial charge >= 0.3 is 0 Å². The number of rotatable bonds is 3. The van der Waals surface area contributed by atoms with Crippen LogP contribution in [-0.2, 0) is 14.0 Å². The van der Waals surface area contributed by atoms with Gasteiger partial charge in [-0.25, -0.2) is 0 Å². The van der Waals surface area contributed by atoms with Gasteiger partial charge in [0.2, 0.25) is 0 Å². The Bertz CT molecular complexity index is 258. The molecule has 0 spiro atoms. The Morgan fingerprint density at radius 3 is 2.42 bits per heavy atom. The zero-order chi connectivity index (χ0) is 9.41. The zero-order valence-corrected chi connectivity index (χ0v) is 8.65. The molecule has 0 saturated carbocycles. The molecule has 72 valence electrons. The minimum absolute atomic E-state index is 0.0588. The summed E-state index contributed by atoms with van der Waals surface area (Å²) in [6.45, 7) is 3.43. The number of hydrogen-bond donors (Lipinski definition) is 0. The first-order chi connectivity index (χ1) is 5.37. The minimum atomic E-state index is -3.51. The Labute approximate surface area is 77.0 Å². The first kappa shape index (κ1) is 10.2. The molecule has 0 N–H and O–H groups in total. The van der Waals surface area contributed by atoms with Crippen molar-refractivity contribution >= 4 is 19.9 Å². The normalized spacial score (nSPS) is 23.6. The maximum absolute atomic E-state index is 10.8. The van der Waals surface area contributed by atoms with E-state index < -0.39 is 9.24 Å². The van der Waals surface area contributed by atoms with Crippen LogP contribution in [0.4, 0.5) is 0 Å². The summed E-state index contributed by atoms with van der Waals surface area (Å²) in [4.78, 5) is 0. The second-order valence-electron chi connectivity index (χ2n) is 3.45. The van der Waals surface area contributed by atoms with Gasteiger partial charge in [0.1, 0.15) is 0 Å². The molecule has 0 aromatic heterocycles. The molecule has 1 rings (SSSR count). The van der Waals surface area contributed by atoms with Crippen molar-refractivity contribution in [3.05, 3.63) is 0 Å². The Morgan fingerprint density at radius 1 is 1.58 bits per heavy atom. The van der Waals surface area contributed by atoms with E-state index in [1.807, 2.05) is 6.92 Å². The van der Waals surface area contributed by atoms with Crippen LogP contribution in [0.2, 0.25) is 0 Å². The third-order valence-corrected chi connectivity index (χ3v) is 3.38. The van der Waals surface area contributed by atoms with Crippen molar-refractivity contribution in [2.45, 2.75) is 6.92 Å². The van der Waals surface area contributed by atoms with E-state index >= 15 is 0 Å². The highest BCUT2D eigenvalue weighted by Gasteiger charge is 2.44. The molecule has 4 nitrogen and oxygen atoms in total. The largest absolute Gasteiger partial charge is 0.384 e. The fraction of sp³-hybridized carbons (Fsp3) is 1.00. The van der Waals surface area contributed by atoms with E-state index in [2.05, 4.69) is 0 Å². The predicted octanol–water partition coefficient (Wildman–Crippen LogP) is 0.438. The lowest BCUT2D eigenvalue weighted by atomic mass is 9.85. The van der Waals surface area contributed by atoms with Gasteiger partial charge in [-0.15, -0.1) is 0 Å². The van der Waals surface area contributed by atoms with Crippen molar-refractivity contribution < 1.29 is 13.2 Å². The fourth-order valence-corrected chi connectivity index (χ4v) is 2.62. The van der Waals surface area contributed by atoms with Crippen molar-refractivity contribution in [2.75, 3.05) is 26.8 Å². The smallest absolute Gasteiger partial charge is 0.299 e. The van der Waals surface area contributed by atoms with E-state index in [0.29, 0.717) is 19.7 Å². The molecular formula is C6H12ClNO3S. The predicted molar refractivity (Wildman–Crippen MR) is 46.3 cm³/mol. The highest BCUT2D eigenvalue weighted by atomic mass is 35.7. The van der Waals surface area contributed by atoms with Gasteiger partial charge in [0.15, 0.2) is 0 Å². The molecule has 1 aliphatic rings. The van der Waals surface area contributed by atoms with Gasteiger partial charge < -0.3 is 4.74 Å². The van der Waals surface area contributed by atoms with Crippen molar-refractivity contribution in [1.29, 1.82) is 0 Å². The third-order valence-electron chi connectivity index (χ3n) is 1.92. The van der Waals surface area contributed by atoms with Crippen molar-refractivity contribution in [1.82, 2.24) is 4.31 Å². The number of halogens is 1. The first-order valence-electron chi connectivity index (χ1n) is 3.56. The van der Waals surface area contributed by atoms with Crippen LogP contribution < -0.4 is 0 Å². The van der Waals surface area contributed by atoms with Gasteiger partial charge in [0.25, 0.3) is 9.24 Å². The van der Waals surface area contributed by atoms with Gasteiger partial charge in [-0.3, -0.25) is 0 Å². The second kappa shape index (κ2) is 3.14. The highest BCUT2D eigenvalue weighted by molar-refractivity contribution is 8.11. The molecule has 0 aliphatic carbocycles. The molecule has 0 radical (unpaired) electrons. The summed E-state index contributed by atoms with van der Waals surface area (Å²) in [5.74, 6) is 0. The van der Waals surface area contributed by atoms with Crippen LogP contribution in [0.15, 0.2) is 0 Å². The van der Waals surface area contributed by atoms with Gasteiger partial charge in [-0.05, 0) is 0 Å². The Morgan fingerprint density at radius 2 is 2.08 bits per heavy atom. The van der Waals surface area contributed by atoms with E-state index in [4.69, 9.17) is 15.4 Å². The summed E-state index contributed by atoms with van der Waals surface area (Å²) in [7, 11) is 3.21. The molecule has 0 amide bonds. The van der Waals surface area contributed by atoms with Crippen molar-refractivity contribution in [2.24, 2.45) is 5.41 Å². The molecule has 1 heterocycles. The van der Waals surface area contributed by atoms with Crippen LogP contribution in [0.25, 0.3) is 0 Å². The molecule has 0 atom stereocenters. The number of hydrogen-bond acceptors (Lipinski definition) is 3. The van der Waals surface area contributed by atoms with Crippen LogP contribution in [0.5, 0.6) is 0 Å². The summed E-state index contributed by atoms with van der Waals surface area (Å²) >= 11 is 0. The topological polar surface area (TPSA) is 46.6 Å². The molecule has 6 heteroatoms. The van der Waals surface area contributed by atoms with Crippen LogP contribution >= 0.6 is 10.7 Å². The van der Waals surface area contributed by atoms with Crippen LogP contribution in [0.3, 0.4) is 0 Å². The molecule has 12 heavy (non-hydrogen) atoms. The molecule has 0 aromatic rings. The minimum Gasteiger partial charge on any atom is -0.384 e. The fourth-order valence-electron chi connectivity index (χ4n) is 1.40. The van der Waals surface area contributed by atoms with Crippen molar-refractivity contribution in [3.63, 3.8) is 0 Å². The molecule has 1 fully saturated rings. The zero-order valence-electron chi connectivity index (χ0n) is 7.08. The Kier molecular flexibility index (Phi) is 2.68. The second-order valence-corrected chi connectivity index (χ2v) is 5.96. The van der Waals surface area contributed by atoms with Gasteiger partial charge in [0.05, 0.1) is 6.61 Å². The maximum atomic E-state index is 10.8. The van der Waals surface area contributed by atoms with Crippen LogP contribution in [0.1, 0.15) is 6.92 Å². The van der Waals surface area contributed by atoms with Gasteiger partial charge in [-0.2, -0.15) is 12.7 Å². The van der Waals surface area contributed by atoms with E-state index in [1.54, 1.807) is 7.11 Å². The Balaban J connectivity index is 2.47. The molecular weight excluding hydrogens is 202 g/mol. The summed E-state index contributed by atoms with van der Waals surface area (Å²) in [5, 5.41) is 0. The summed E-state index contributed by atoms with van der Waals surface area (Å²) in [5.41, 5.74) is -0.0588. The van der Waals surface area contributed by atoms with E-state index in [-0.39, 0.29) is 5.41 Å². The van der Waals surface area contributed by atoms with Crippen LogP contribution in [-0.4, -0.2) is 39.5 Å². The van der Waals surface area contributed by atoms with E-state index in [1.165, 1.54) is 4.31 Å².